The van der Waals surface area contributed by atoms with Gasteiger partial charge in [0.15, 0.2) is 18.2 Å². The van der Waals surface area contributed by atoms with Crippen LogP contribution in [0.5, 0.6) is 0 Å². The summed E-state index contributed by atoms with van der Waals surface area (Å²) in [5.74, 6) is -3.83. The van der Waals surface area contributed by atoms with E-state index in [1.54, 1.807) is 0 Å². The van der Waals surface area contributed by atoms with Gasteiger partial charge in [0.2, 0.25) is 10.0 Å². The number of sulfonamides is 1. The maximum atomic E-state index is 13.1. The maximum Gasteiger partial charge on any atom is 0.338 e. The van der Waals surface area contributed by atoms with E-state index in [4.69, 9.17) is 4.74 Å². The van der Waals surface area contributed by atoms with E-state index < -0.39 is 40.1 Å². The zero-order chi connectivity index (χ0) is 21.0. The van der Waals surface area contributed by atoms with Gasteiger partial charge in [-0.2, -0.15) is 4.31 Å². The molecule has 1 amide bonds. The molecule has 7 nitrogen and oxygen atoms in total. The molecule has 0 saturated carbocycles. The van der Waals surface area contributed by atoms with Gasteiger partial charge in [0.25, 0.3) is 5.91 Å². The molecule has 29 heavy (non-hydrogen) atoms. The normalized spacial score (nSPS) is 14.6. The van der Waals surface area contributed by atoms with Crippen molar-refractivity contribution in [3.63, 3.8) is 0 Å². The molecule has 0 spiro atoms. The summed E-state index contributed by atoms with van der Waals surface area (Å²) in [4.78, 5) is 24.0. The van der Waals surface area contributed by atoms with Gasteiger partial charge in [0.1, 0.15) is 0 Å². The van der Waals surface area contributed by atoms with E-state index in [9.17, 15) is 26.8 Å². The zero-order valence-corrected chi connectivity index (χ0v) is 16.0. The number of hydrogen-bond donors (Lipinski definition) is 1. The Morgan fingerprint density at radius 2 is 1.76 bits per heavy atom. The molecule has 0 atom stereocenters. The molecule has 1 fully saturated rings. The van der Waals surface area contributed by atoms with Crippen LogP contribution in [-0.2, 0) is 19.6 Å². The Bertz CT molecular complexity index is 1040. The molecule has 2 aromatic carbocycles. The van der Waals surface area contributed by atoms with Crippen LogP contribution in [0.25, 0.3) is 0 Å². The highest BCUT2D eigenvalue weighted by atomic mass is 32.2. The summed E-state index contributed by atoms with van der Waals surface area (Å²) in [6, 6.07) is 8.18. The Labute approximate surface area is 166 Å². The summed E-state index contributed by atoms with van der Waals surface area (Å²) in [5.41, 5.74) is -0.0189. The first-order chi connectivity index (χ1) is 13.8. The van der Waals surface area contributed by atoms with Gasteiger partial charge in [-0.25, -0.2) is 22.0 Å². The monoisotopic (exact) mass is 424 g/mol. The minimum atomic E-state index is -3.69. The number of carbonyl (C=O) groups is 2. The number of benzene rings is 2. The second-order valence-corrected chi connectivity index (χ2v) is 8.33. The van der Waals surface area contributed by atoms with Gasteiger partial charge in [-0.05, 0) is 43.2 Å². The molecule has 1 aliphatic heterocycles. The fraction of sp³-hybridized carbons (Fsp3) is 0.263. The van der Waals surface area contributed by atoms with E-state index in [0.717, 1.165) is 31.0 Å². The van der Waals surface area contributed by atoms with Gasteiger partial charge in [0.05, 0.1) is 10.5 Å². The number of nitrogens with one attached hydrogen (secondary N) is 1. The summed E-state index contributed by atoms with van der Waals surface area (Å²) in [5, 5.41) is 2.26. The largest absolute Gasteiger partial charge is 0.452 e. The minimum absolute atomic E-state index is 0.00338. The Hall–Kier alpha value is -2.85. The number of nitrogens with zero attached hydrogens (tertiary/aromatic N) is 1. The molecule has 0 bridgehead atoms. The van der Waals surface area contributed by atoms with Crippen molar-refractivity contribution in [1.82, 2.24) is 4.31 Å². The van der Waals surface area contributed by atoms with Crippen molar-refractivity contribution in [2.45, 2.75) is 17.7 Å². The highest BCUT2D eigenvalue weighted by Crippen LogP contribution is 2.22. The lowest BCUT2D eigenvalue weighted by molar-refractivity contribution is -0.119. The van der Waals surface area contributed by atoms with Gasteiger partial charge in [0, 0.05) is 24.8 Å². The molecular formula is C19H18F2N2O5S. The summed E-state index contributed by atoms with van der Waals surface area (Å²) in [7, 11) is -3.69. The van der Waals surface area contributed by atoms with Crippen LogP contribution in [0, 0.1) is 11.6 Å². The van der Waals surface area contributed by atoms with Crippen LogP contribution in [-0.4, -0.2) is 44.3 Å². The lowest BCUT2D eigenvalue weighted by atomic mass is 10.2. The van der Waals surface area contributed by atoms with E-state index in [0.29, 0.717) is 13.1 Å². The highest BCUT2D eigenvalue weighted by Gasteiger charge is 2.27. The average molecular weight is 424 g/mol. The minimum Gasteiger partial charge on any atom is -0.452 e. The molecule has 3 rings (SSSR count). The number of halogens is 2. The molecule has 0 radical (unpaired) electrons. The number of anilines is 1. The van der Waals surface area contributed by atoms with E-state index in [2.05, 4.69) is 5.32 Å². The van der Waals surface area contributed by atoms with Crippen LogP contribution in [0.1, 0.15) is 23.2 Å². The van der Waals surface area contributed by atoms with Crippen LogP contribution in [0.3, 0.4) is 0 Å². The number of ether oxygens (including phenoxy) is 1. The predicted molar refractivity (Wildman–Crippen MR) is 99.7 cm³/mol. The zero-order valence-electron chi connectivity index (χ0n) is 15.2. The van der Waals surface area contributed by atoms with Gasteiger partial charge >= 0.3 is 5.97 Å². The SMILES string of the molecule is O=C(COC(=O)c1cccc(S(=O)(=O)N2CCCC2)c1)Nc1ccc(F)c(F)c1. The van der Waals surface area contributed by atoms with Crippen molar-refractivity contribution < 1.29 is 31.5 Å². The smallest absolute Gasteiger partial charge is 0.338 e. The first-order valence-corrected chi connectivity index (χ1v) is 10.2. The van der Waals surface area contributed by atoms with Gasteiger partial charge in [-0.15, -0.1) is 0 Å². The number of rotatable bonds is 6. The Morgan fingerprint density at radius 3 is 2.45 bits per heavy atom. The molecule has 0 unspecified atom stereocenters. The molecule has 10 heteroatoms. The van der Waals surface area contributed by atoms with Gasteiger partial charge in [-0.1, -0.05) is 6.07 Å². The molecule has 0 aliphatic carbocycles. The fourth-order valence-electron chi connectivity index (χ4n) is 2.85. The van der Waals surface area contributed by atoms with Crippen molar-refractivity contribution in [3.8, 4) is 0 Å². The summed E-state index contributed by atoms with van der Waals surface area (Å²) >= 11 is 0. The van der Waals surface area contributed by atoms with Crippen molar-refractivity contribution in [2.24, 2.45) is 0 Å². The lowest BCUT2D eigenvalue weighted by Crippen LogP contribution is -2.28. The predicted octanol–water partition coefficient (Wildman–Crippen LogP) is 2.54. The molecule has 1 aliphatic rings. The topological polar surface area (TPSA) is 92.8 Å². The molecule has 1 heterocycles. The first kappa shape index (κ1) is 20.9. The quantitative estimate of drug-likeness (QED) is 0.720. The molecule has 0 aromatic heterocycles. The molecule has 1 saturated heterocycles. The highest BCUT2D eigenvalue weighted by molar-refractivity contribution is 7.89. The Morgan fingerprint density at radius 1 is 1.03 bits per heavy atom. The van der Waals surface area contributed by atoms with E-state index in [1.165, 1.54) is 28.6 Å². The van der Waals surface area contributed by atoms with Crippen molar-refractivity contribution in [1.29, 1.82) is 0 Å². The number of esters is 1. The van der Waals surface area contributed by atoms with E-state index in [1.807, 2.05) is 0 Å². The Kier molecular flexibility index (Phi) is 6.23. The van der Waals surface area contributed by atoms with Crippen molar-refractivity contribution >= 4 is 27.6 Å². The average Bonchev–Trinajstić information content (AvgIpc) is 3.25. The van der Waals surface area contributed by atoms with E-state index >= 15 is 0 Å². The second-order valence-electron chi connectivity index (χ2n) is 6.39. The fourth-order valence-corrected chi connectivity index (χ4v) is 4.41. The molecule has 1 N–H and O–H groups in total. The number of amides is 1. The molecule has 154 valence electrons. The third-order valence-corrected chi connectivity index (χ3v) is 6.20. The lowest BCUT2D eigenvalue weighted by Gasteiger charge is -2.15. The van der Waals surface area contributed by atoms with Crippen LogP contribution >= 0.6 is 0 Å². The van der Waals surface area contributed by atoms with Crippen molar-refractivity contribution in [2.75, 3.05) is 25.0 Å². The molecule has 2 aromatic rings. The first-order valence-electron chi connectivity index (χ1n) is 8.79. The molecular weight excluding hydrogens is 406 g/mol. The standard InChI is InChI=1S/C19H18F2N2O5S/c20-16-7-6-14(11-17(16)21)22-18(24)12-28-19(25)13-4-3-5-15(10-13)29(26,27)23-8-1-2-9-23/h3-7,10-11H,1-2,8-9,12H2,(H,22,24). The third kappa shape index (κ3) is 4.96. The Balaban J connectivity index is 1.62. The summed E-state index contributed by atoms with van der Waals surface area (Å²) in [6.45, 7) is 0.184. The maximum absolute atomic E-state index is 13.1. The van der Waals surface area contributed by atoms with Gasteiger partial charge in [-0.3, -0.25) is 4.79 Å². The van der Waals surface area contributed by atoms with Crippen LogP contribution in [0.2, 0.25) is 0 Å². The third-order valence-electron chi connectivity index (χ3n) is 4.31. The number of carbonyl (C=O) groups excluding carboxylic acids is 2. The van der Waals surface area contributed by atoms with Crippen molar-refractivity contribution in [3.05, 3.63) is 59.7 Å². The number of hydrogen-bond acceptors (Lipinski definition) is 5. The van der Waals surface area contributed by atoms with E-state index in [-0.39, 0.29) is 16.1 Å². The van der Waals surface area contributed by atoms with Crippen LogP contribution < -0.4 is 5.32 Å². The second kappa shape index (κ2) is 8.66. The summed E-state index contributed by atoms with van der Waals surface area (Å²) in [6.07, 6.45) is 1.57. The summed E-state index contributed by atoms with van der Waals surface area (Å²) < 4.78 is 57.4. The van der Waals surface area contributed by atoms with Crippen LogP contribution in [0.15, 0.2) is 47.4 Å². The van der Waals surface area contributed by atoms with Gasteiger partial charge < -0.3 is 10.1 Å². The van der Waals surface area contributed by atoms with Crippen LogP contribution in [0.4, 0.5) is 14.5 Å².